The van der Waals surface area contributed by atoms with Crippen molar-refractivity contribution in [2.75, 3.05) is 33.0 Å². The number of aliphatic hydroxyl groups excluding tert-OH is 2. The lowest BCUT2D eigenvalue weighted by atomic mass is 9.80. The van der Waals surface area contributed by atoms with E-state index in [0.717, 1.165) is 38.4 Å². The highest BCUT2D eigenvalue weighted by Crippen LogP contribution is 2.31. The molecule has 1 rings (SSSR count). The molecule has 12 heteroatoms. The Morgan fingerprint density at radius 3 is 1.23 bits per heavy atom. The fourth-order valence-corrected chi connectivity index (χ4v) is 6.33. The Morgan fingerprint density at radius 2 is 0.918 bits per heavy atom. The van der Waals surface area contributed by atoms with Gasteiger partial charge >= 0.3 is 12.3 Å². The van der Waals surface area contributed by atoms with E-state index in [9.17, 15) is 4.79 Å². The van der Waals surface area contributed by atoms with Crippen molar-refractivity contribution in [3.8, 4) is 0 Å². The minimum absolute atomic E-state index is 0.00500. The van der Waals surface area contributed by atoms with Gasteiger partial charge in [-0.05, 0) is 62.2 Å². The van der Waals surface area contributed by atoms with Crippen molar-refractivity contribution in [1.82, 2.24) is 0 Å². The predicted molar refractivity (Wildman–Crippen MR) is 272 cm³/mol. The Bertz CT molecular complexity index is 917. The molecule has 1 aliphatic rings. The summed E-state index contributed by atoms with van der Waals surface area (Å²) in [5, 5.41) is 18.1. The highest BCUT2D eigenvalue weighted by molar-refractivity contribution is 8.51. The van der Waals surface area contributed by atoms with Gasteiger partial charge in [0.25, 0.3) is 0 Å². The van der Waals surface area contributed by atoms with E-state index in [4.69, 9.17) is 29.3 Å². The first kappa shape index (κ1) is 72.0. The highest BCUT2D eigenvalue weighted by Gasteiger charge is 2.18. The minimum atomic E-state index is -0.666. The van der Waals surface area contributed by atoms with Gasteiger partial charge in [-0.1, -0.05) is 205 Å². The highest BCUT2D eigenvalue weighted by atomic mass is 33.2. The Hall–Kier alpha value is -0.590. The molecule has 8 nitrogen and oxygen atoms in total. The first-order valence-corrected chi connectivity index (χ1v) is 28.5. The number of ether oxygens (including phenoxy) is 3. The summed E-state index contributed by atoms with van der Waals surface area (Å²) in [5.41, 5.74) is 0.517. The van der Waals surface area contributed by atoms with Crippen LogP contribution in [-0.4, -0.2) is 61.7 Å². The summed E-state index contributed by atoms with van der Waals surface area (Å²) in [5.74, 6) is 2.00. The van der Waals surface area contributed by atoms with Gasteiger partial charge in [-0.15, -0.1) is 0 Å². The fraction of sp³-hybridized carbons (Fsp3) is 0.959. The first-order valence-electron chi connectivity index (χ1n) is 24.5. The van der Waals surface area contributed by atoms with Gasteiger partial charge < -0.3 is 24.4 Å². The maximum atomic E-state index is 11.3. The number of unbranched alkanes of at least 4 members (excludes halogenated alkanes) is 12. The number of carbonyl (C=O) groups is 1. The van der Waals surface area contributed by atoms with Crippen molar-refractivity contribution >= 4 is 52.4 Å². The van der Waals surface area contributed by atoms with Crippen molar-refractivity contribution in [3.05, 3.63) is 0 Å². The van der Waals surface area contributed by atoms with Crippen LogP contribution in [0.3, 0.4) is 0 Å². The van der Waals surface area contributed by atoms with Crippen LogP contribution in [0.15, 0.2) is 0 Å². The monoisotopic (exact) mass is 947 g/mol. The fourth-order valence-electron chi connectivity index (χ4n) is 6.33. The zero-order valence-corrected chi connectivity index (χ0v) is 45.3. The van der Waals surface area contributed by atoms with E-state index in [0.29, 0.717) is 30.5 Å². The molecule has 1 heterocycles. The van der Waals surface area contributed by atoms with E-state index in [-0.39, 0.29) is 12.8 Å². The topological polar surface area (TPSA) is 123 Å². The summed E-state index contributed by atoms with van der Waals surface area (Å²) in [6.45, 7) is 29.0. The molecule has 1 aliphatic heterocycles. The molecule has 0 bridgehead atoms. The summed E-state index contributed by atoms with van der Waals surface area (Å²) in [6.07, 6.45) is 31.6. The third kappa shape index (κ3) is 83.6. The van der Waals surface area contributed by atoms with Crippen LogP contribution in [-0.2, 0) is 63.9 Å². The van der Waals surface area contributed by atoms with Crippen LogP contribution in [0, 0.1) is 23.2 Å². The normalized spacial score (nSPS) is 12.8. The van der Waals surface area contributed by atoms with Gasteiger partial charge in [-0.2, -0.15) is 9.59 Å². The second-order valence-electron chi connectivity index (χ2n) is 17.1. The molecule has 4 atom stereocenters. The number of epoxide rings is 1. The lowest BCUT2D eigenvalue weighted by Crippen LogP contribution is -2.19. The number of rotatable bonds is 30. The first-order chi connectivity index (χ1) is 29.3. The molecule has 0 aromatic heterocycles. The molecule has 0 spiro atoms. The van der Waals surface area contributed by atoms with Gasteiger partial charge in [0.2, 0.25) is 0 Å². The Morgan fingerprint density at radius 1 is 0.607 bits per heavy atom. The number of carbonyl (C=O) groups excluding carboxylic acids is 3. The average molecular weight is 948 g/mol. The molecule has 370 valence electrons. The number of aliphatic hydroxyl groups is 2. The molecule has 0 amide bonds. The van der Waals surface area contributed by atoms with Crippen LogP contribution < -0.4 is 0 Å². The molecular formula is C49H102O8S4. The molecule has 61 heavy (non-hydrogen) atoms. The van der Waals surface area contributed by atoms with Gasteiger partial charge in [0.1, 0.15) is 6.61 Å². The number of hydrogen-bond donors (Lipinski definition) is 2. The van der Waals surface area contributed by atoms with Crippen LogP contribution in [0.2, 0.25) is 0 Å². The Labute approximate surface area is 395 Å². The zero-order chi connectivity index (χ0) is 47.8. The third-order valence-corrected chi connectivity index (χ3v) is 11.8. The van der Waals surface area contributed by atoms with Crippen LogP contribution >= 0.6 is 0 Å². The molecule has 0 aromatic rings. The Kier molecular flexibility index (Phi) is 75.2. The van der Waals surface area contributed by atoms with Crippen molar-refractivity contribution in [1.29, 1.82) is 0 Å². The van der Waals surface area contributed by atoms with Gasteiger partial charge in [0.05, 0.1) is 25.9 Å². The van der Waals surface area contributed by atoms with Gasteiger partial charge in [0.15, 0.2) is 0 Å². The summed E-state index contributed by atoms with van der Waals surface area (Å²) in [6, 6.07) is 0. The van der Waals surface area contributed by atoms with E-state index < -0.39 is 12.3 Å². The van der Waals surface area contributed by atoms with Crippen LogP contribution in [0.4, 0.5) is 4.79 Å². The predicted octanol–water partition coefficient (Wildman–Crippen LogP) is 14.7. The molecule has 2 N–H and O–H groups in total. The smallest absolute Gasteiger partial charge is 0.434 e. The number of hydrogen-bond acceptors (Lipinski definition) is 10. The van der Waals surface area contributed by atoms with Crippen molar-refractivity contribution < 1.29 is 38.8 Å². The summed E-state index contributed by atoms with van der Waals surface area (Å²) < 4.78 is 14.4. The maximum absolute atomic E-state index is 11.3. The molecule has 1 fully saturated rings. The van der Waals surface area contributed by atoms with Crippen molar-refractivity contribution in [3.63, 3.8) is 0 Å². The molecule has 0 aliphatic carbocycles. The standard InChI is InChI=1S/C16H32O4.C16H34.C12H26O.C2H4O.C2H6.CO2.S4/c1-4-6-8-9-11-15(10-7-5-2)13-20-16(18)19-12-14(3)17;1-6-8-10-11-13-15(12-9-7-2)14-16(3,4)5;1-3-5-7-8-10-12(11-13)9-6-4-2;1-2-3-1;1-2;2-1-3;1-3-4-2/h14-15,17H,4-13H2,1-3H3;15H,6-14H2,1-5H3;12-13H,3-11H2,1-2H3;1-2H2;1-2H3;;. The second-order valence-corrected chi connectivity index (χ2v) is 20.6. The summed E-state index contributed by atoms with van der Waals surface area (Å²) in [7, 11) is 2.34. The van der Waals surface area contributed by atoms with E-state index in [1.54, 1.807) is 6.92 Å². The zero-order valence-electron chi connectivity index (χ0n) is 42.0. The quantitative estimate of drug-likeness (QED) is 0.0409. The van der Waals surface area contributed by atoms with Crippen LogP contribution in [0.1, 0.15) is 244 Å². The van der Waals surface area contributed by atoms with Gasteiger partial charge in [-0.3, -0.25) is 0 Å². The molecule has 0 aromatic carbocycles. The van der Waals surface area contributed by atoms with Crippen LogP contribution in [0.25, 0.3) is 0 Å². The summed E-state index contributed by atoms with van der Waals surface area (Å²) >= 11 is 8.66. The molecule has 4 unspecified atom stereocenters. The van der Waals surface area contributed by atoms with Crippen molar-refractivity contribution in [2.24, 2.45) is 23.2 Å². The molecule has 0 saturated carbocycles. The maximum Gasteiger partial charge on any atom is 0.508 e. The van der Waals surface area contributed by atoms with Crippen molar-refractivity contribution in [2.45, 2.75) is 250 Å². The van der Waals surface area contributed by atoms with Crippen LogP contribution in [0.5, 0.6) is 0 Å². The van der Waals surface area contributed by atoms with E-state index in [2.05, 4.69) is 89.4 Å². The van der Waals surface area contributed by atoms with Gasteiger partial charge in [0, 0.05) is 46.7 Å². The lowest BCUT2D eigenvalue weighted by molar-refractivity contribution is -0.191. The Balaban J connectivity index is -0.000000165. The second kappa shape index (κ2) is 63.7. The largest absolute Gasteiger partial charge is 0.508 e. The van der Waals surface area contributed by atoms with Gasteiger partial charge in [-0.25, -0.2) is 4.79 Å². The van der Waals surface area contributed by atoms with E-state index >= 15 is 0 Å². The molecular weight excluding hydrogens is 845 g/mol. The average Bonchev–Trinajstić information content (AvgIpc) is 4.14. The van der Waals surface area contributed by atoms with E-state index in [1.807, 2.05) is 13.8 Å². The molecule has 0 radical (unpaired) electrons. The van der Waals surface area contributed by atoms with E-state index in [1.165, 1.54) is 159 Å². The SMILES string of the molecule is C1CO1.CC.CCCCCCC(CCCC)CC(C)(C)C.CCCCCCC(CCCC)COC(=O)OCC(C)O.CCCCCCC(CO)CCCC.O=C=O.S=S=S=S. The lowest BCUT2D eigenvalue weighted by Gasteiger charge is -2.26. The summed E-state index contributed by atoms with van der Waals surface area (Å²) in [4.78, 5) is 27.6. The minimum Gasteiger partial charge on any atom is -0.434 e. The third-order valence-electron chi connectivity index (χ3n) is 9.57. The molecule has 1 saturated heterocycles.